The third-order valence-electron chi connectivity index (χ3n) is 6.28. The summed E-state index contributed by atoms with van der Waals surface area (Å²) in [5.74, 6) is -1.84. The summed E-state index contributed by atoms with van der Waals surface area (Å²) in [6.07, 6.45) is 0. The number of methoxy groups -OCH3 is 1. The highest BCUT2D eigenvalue weighted by Crippen LogP contribution is 2.32. The van der Waals surface area contributed by atoms with Gasteiger partial charge in [-0.1, -0.05) is 49.4 Å². The highest BCUT2D eigenvalue weighted by Gasteiger charge is 2.47. The van der Waals surface area contributed by atoms with Gasteiger partial charge in [0.1, 0.15) is 30.3 Å². The molecule has 0 spiro atoms. The lowest BCUT2D eigenvalue weighted by Crippen LogP contribution is -2.50. The molecule has 4 amide bonds. The summed E-state index contributed by atoms with van der Waals surface area (Å²) in [7, 11) is 1.58. The Kier molecular flexibility index (Phi) is 8.95. The predicted octanol–water partition coefficient (Wildman–Crippen LogP) is 4.86. The molecule has 1 aliphatic rings. The van der Waals surface area contributed by atoms with E-state index in [1.165, 1.54) is 12.1 Å². The number of benzene rings is 3. The fourth-order valence-electron chi connectivity index (χ4n) is 4.29. The summed E-state index contributed by atoms with van der Waals surface area (Å²) in [5.41, 5.74) is 1.26. The van der Waals surface area contributed by atoms with E-state index in [4.69, 9.17) is 9.47 Å². The largest absolute Gasteiger partial charge is 0.491 e. The first-order chi connectivity index (χ1) is 18.3. The topological polar surface area (TPSA) is 97.0 Å². The monoisotopic (exact) mass is 631 g/mol. The van der Waals surface area contributed by atoms with Crippen molar-refractivity contribution in [3.63, 3.8) is 0 Å². The van der Waals surface area contributed by atoms with Crippen molar-refractivity contribution in [1.82, 2.24) is 10.2 Å². The number of anilines is 1. The van der Waals surface area contributed by atoms with Crippen molar-refractivity contribution in [2.24, 2.45) is 0 Å². The number of imide groups is 1. The van der Waals surface area contributed by atoms with Crippen LogP contribution in [0.15, 0.2) is 72.8 Å². The zero-order valence-corrected chi connectivity index (χ0v) is 23.0. The Bertz CT molecular complexity index is 1310. The van der Waals surface area contributed by atoms with Crippen LogP contribution in [-0.2, 0) is 14.3 Å². The Hall–Kier alpha value is -3.51. The molecule has 2 unspecified atom stereocenters. The van der Waals surface area contributed by atoms with Crippen molar-refractivity contribution in [2.75, 3.05) is 25.6 Å². The van der Waals surface area contributed by atoms with Crippen molar-refractivity contribution in [3.8, 4) is 5.75 Å². The second-order valence-electron chi connectivity index (χ2n) is 8.76. The highest BCUT2D eigenvalue weighted by atomic mass is 127. The second-order valence-corrected chi connectivity index (χ2v) is 10.0. The van der Waals surface area contributed by atoms with E-state index < -0.39 is 41.7 Å². The summed E-state index contributed by atoms with van der Waals surface area (Å²) in [5, 5.41) is 5.26. The fraction of sp³-hybridized carbons (Fsp3) is 0.250. The number of hydrogen-bond acceptors (Lipinski definition) is 5. The number of hydrogen-bond donors (Lipinski definition) is 2. The van der Waals surface area contributed by atoms with Crippen LogP contribution in [0.5, 0.6) is 5.75 Å². The maximum absolute atomic E-state index is 14.5. The Morgan fingerprint density at radius 3 is 2.45 bits per heavy atom. The molecule has 1 aliphatic heterocycles. The number of urea groups is 1. The van der Waals surface area contributed by atoms with Gasteiger partial charge in [-0.3, -0.25) is 9.59 Å². The molecule has 198 valence electrons. The van der Waals surface area contributed by atoms with Crippen molar-refractivity contribution in [3.05, 3.63) is 93.3 Å². The molecule has 1 fully saturated rings. The number of ether oxygens (including phenoxy) is 2. The van der Waals surface area contributed by atoms with E-state index in [1.54, 1.807) is 44.4 Å². The number of carbonyl (C=O) groups is 3. The third-order valence-corrected chi connectivity index (χ3v) is 6.95. The molecule has 3 aromatic carbocycles. The van der Waals surface area contributed by atoms with E-state index in [0.29, 0.717) is 28.1 Å². The molecular formula is C28H27FIN3O5. The first kappa shape index (κ1) is 27.5. The molecule has 2 N–H and O–H groups in total. The molecular weight excluding hydrogens is 604 g/mol. The van der Waals surface area contributed by atoms with Crippen LogP contribution in [0, 0.1) is 9.39 Å². The molecule has 3 aromatic rings. The van der Waals surface area contributed by atoms with Gasteiger partial charge in [-0.05, 0) is 64.0 Å². The number of halogens is 2. The Morgan fingerprint density at radius 1 is 1.08 bits per heavy atom. The zero-order valence-electron chi connectivity index (χ0n) is 20.8. The van der Waals surface area contributed by atoms with Crippen LogP contribution in [0.3, 0.4) is 0 Å². The standard InChI is InChI=1S/C28H27FIN3O5/c1-17(18-6-4-3-5-7-18)25(26(34)31-23-13-10-20(30)16-22(23)29)33-27(35)24(32-28(33)36)19-8-11-21(12-9-19)38-15-14-37-2/h3-13,16-17,24-25H,14-15H2,1-2H3,(H,31,34)(H,32,36)/t17?,24-,25?/m1/s1. The lowest BCUT2D eigenvalue weighted by molar-refractivity contribution is -0.134. The van der Waals surface area contributed by atoms with Gasteiger partial charge in [0.25, 0.3) is 5.91 Å². The molecule has 1 heterocycles. The average Bonchev–Trinajstić information content (AvgIpc) is 3.20. The molecule has 0 aliphatic carbocycles. The minimum Gasteiger partial charge on any atom is -0.491 e. The molecule has 3 atom stereocenters. The SMILES string of the molecule is COCCOc1ccc([C@H]2NC(=O)N(C(C(=O)Nc3ccc(I)cc3F)C(C)c3ccccc3)C2=O)cc1. The number of carbonyl (C=O) groups excluding carboxylic acids is 3. The molecule has 4 rings (SSSR count). The quantitative estimate of drug-likeness (QED) is 0.189. The molecule has 0 saturated carbocycles. The van der Waals surface area contributed by atoms with Gasteiger partial charge in [0, 0.05) is 16.6 Å². The summed E-state index contributed by atoms with van der Waals surface area (Å²) in [6, 6.07) is 17.3. The maximum atomic E-state index is 14.5. The lowest BCUT2D eigenvalue weighted by Gasteiger charge is -2.30. The van der Waals surface area contributed by atoms with E-state index in [9.17, 15) is 18.8 Å². The number of nitrogens with one attached hydrogen (secondary N) is 2. The van der Waals surface area contributed by atoms with Gasteiger partial charge >= 0.3 is 6.03 Å². The van der Waals surface area contributed by atoms with Crippen LogP contribution in [0.2, 0.25) is 0 Å². The molecule has 10 heteroatoms. The lowest BCUT2D eigenvalue weighted by atomic mass is 9.91. The Labute approximate surface area is 233 Å². The van der Waals surface area contributed by atoms with Gasteiger partial charge in [0.2, 0.25) is 5.91 Å². The number of nitrogens with zero attached hydrogens (tertiary/aromatic N) is 1. The van der Waals surface area contributed by atoms with Crippen molar-refractivity contribution in [1.29, 1.82) is 0 Å². The second kappa shape index (κ2) is 12.4. The summed E-state index contributed by atoms with van der Waals surface area (Å²) in [6.45, 7) is 2.56. The number of rotatable bonds is 10. The maximum Gasteiger partial charge on any atom is 0.325 e. The van der Waals surface area contributed by atoms with Crippen LogP contribution in [-0.4, -0.2) is 49.1 Å². The minimum atomic E-state index is -1.23. The first-order valence-corrected chi connectivity index (χ1v) is 13.0. The molecule has 0 radical (unpaired) electrons. The van der Waals surface area contributed by atoms with Gasteiger partial charge in [0.15, 0.2) is 0 Å². The predicted molar refractivity (Wildman–Crippen MR) is 148 cm³/mol. The zero-order chi connectivity index (χ0) is 27.2. The van der Waals surface area contributed by atoms with Crippen LogP contribution in [0.4, 0.5) is 14.9 Å². The molecule has 0 aromatic heterocycles. The third kappa shape index (κ3) is 6.13. The van der Waals surface area contributed by atoms with Crippen LogP contribution in [0.1, 0.15) is 30.0 Å². The Morgan fingerprint density at radius 2 is 1.79 bits per heavy atom. The van der Waals surface area contributed by atoms with Gasteiger partial charge < -0.3 is 20.1 Å². The fourth-order valence-corrected chi connectivity index (χ4v) is 4.74. The van der Waals surface area contributed by atoms with E-state index >= 15 is 0 Å². The van der Waals surface area contributed by atoms with Crippen LogP contribution < -0.4 is 15.4 Å². The Balaban J connectivity index is 1.62. The number of amides is 4. The van der Waals surface area contributed by atoms with Crippen LogP contribution >= 0.6 is 22.6 Å². The molecule has 38 heavy (non-hydrogen) atoms. The summed E-state index contributed by atoms with van der Waals surface area (Å²) >= 11 is 1.97. The van der Waals surface area contributed by atoms with Gasteiger partial charge in [-0.25, -0.2) is 14.1 Å². The van der Waals surface area contributed by atoms with Crippen LogP contribution in [0.25, 0.3) is 0 Å². The molecule has 8 nitrogen and oxygen atoms in total. The summed E-state index contributed by atoms with van der Waals surface area (Å²) in [4.78, 5) is 41.3. The van der Waals surface area contributed by atoms with E-state index in [0.717, 1.165) is 10.5 Å². The van der Waals surface area contributed by atoms with E-state index in [2.05, 4.69) is 10.6 Å². The summed E-state index contributed by atoms with van der Waals surface area (Å²) < 4.78 is 25.7. The smallest absolute Gasteiger partial charge is 0.325 e. The first-order valence-electron chi connectivity index (χ1n) is 12.0. The highest BCUT2D eigenvalue weighted by molar-refractivity contribution is 14.1. The minimum absolute atomic E-state index is 0.0339. The van der Waals surface area contributed by atoms with E-state index in [-0.39, 0.29) is 5.69 Å². The van der Waals surface area contributed by atoms with Crippen molar-refractivity contribution in [2.45, 2.75) is 24.9 Å². The molecule has 1 saturated heterocycles. The van der Waals surface area contributed by atoms with Gasteiger partial charge in [0.05, 0.1) is 12.3 Å². The van der Waals surface area contributed by atoms with Crippen molar-refractivity contribution >= 4 is 46.1 Å². The average molecular weight is 631 g/mol. The van der Waals surface area contributed by atoms with E-state index in [1.807, 2.05) is 52.9 Å². The van der Waals surface area contributed by atoms with Crippen molar-refractivity contribution < 1.29 is 28.2 Å². The van der Waals surface area contributed by atoms with Gasteiger partial charge in [-0.2, -0.15) is 0 Å². The normalized spacial score (nSPS) is 16.6. The van der Waals surface area contributed by atoms with Gasteiger partial charge in [-0.15, -0.1) is 0 Å². The molecule has 0 bridgehead atoms.